The molecule has 1 aromatic heterocycles. The molecule has 1 aliphatic rings. The topological polar surface area (TPSA) is 104 Å². The number of ketones is 1. The lowest BCUT2D eigenvalue weighted by Crippen LogP contribution is -2.27. The van der Waals surface area contributed by atoms with Crippen LogP contribution < -0.4 is 20.6 Å². The van der Waals surface area contributed by atoms with E-state index in [4.69, 9.17) is 10.6 Å². The number of nitrogens with one attached hydrogen (secondary N) is 1. The zero-order chi connectivity index (χ0) is 30.8. The summed E-state index contributed by atoms with van der Waals surface area (Å²) in [6.45, 7) is 5.71. The van der Waals surface area contributed by atoms with Gasteiger partial charge in [-0.15, -0.1) is 0 Å². The van der Waals surface area contributed by atoms with Crippen LogP contribution in [0.5, 0.6) is 11.5 Å². The summed E-state index contributed by atoms with van der Waals surface area (Å²) in [7, 11) is 0. The molecule has 12 heteroatoms. The number of nitrogens with zero attached hydrogens (tertiary/aromatic N) is 3. The predicted octanol–water partition coefficient (Wildman–Crippen LogP) is 6.59. The number of allylic oxidation sites excluding steroid dienone is 1. The Morgan fingerprint density at radius 2 is 1.95 bits per heavy atom. The SMILES string of the molecule is C=C(/C=N\N(N)c1c(C)cc(Oc2ccccc2F)cc1F)C(=O)c1cc2cc(CC(F)F)c(N3CCCC3=O)cc2[nH]1. The van der Waals surface area contributed by atoms with Crippen molar-refractivity contribution in [3.63, 3.8) is 0 Å². The van der Waals surface area contributed by atoms with Gasteiger partial charge in [-0.1, -0.05) is 18.7 Å². The molecule has 3 aromatic carbocycles. The molecule has 222 valence electrons. The van der Waals surface area contributed by atoms with Crippen molar-refractivity contribution in [2.24, 2.45) is 10.9 Å². The Kier molecular flexibility index (Phi) is 8.31. The quantitative estimate of drug-likeness (QED) is 0.0540. The van der Waals surface area contributed by atoms with Gasteiger partial charge in [0.15, 0.2) is 17.4 Å². The Morgan fingerprint density at radius 1 is 1.19 bits per heavy atom. The van der Waals surface area contributed by atoms with Crippen molar-refractivity contribution in [2.75, 3.05) is 16.6 Å². The number of aryl methyl sites for hydroxylation is 1. The van der Waals surface area contributed by atoms with Crippen LogP contribution in [0.3, 0.4) is 0 Å². The summed E-state index contributed by atoms with van der Waals surface area (Å²) in [5, 5.41) is 5.19. The summed E-state index contributed by atoms with van der Waals surface area (Å²) in [6.07, 6.45) is -1.12. The molecule has 3 N–H and O–H groups in total. The fourth-order valence-corrected chi connectivity index (χ4v) is 4.95. The van der Waals surface area contributed by atoms with Crippen LogP contribution in [0.1, 0.15) is 34.5 Å². The van der Waals surface area contributed by atoms with E-state index >= 15 is 0 Å². The molecule has 43 heavy (non-hydrogen) atoms. The molecule has 5 rings (SSSR count). The molecule has 8 nitrogen and oxygen atoms in total. The van der Waals surface area contributed by atoms with E-state index < -0.39 is 30.3 Å². The second-order valence-electron chi connectivity index (χ2n) is 10.0. The van der Waals surface area contributed by atoms with E-state index in [0.29, 0.717) is 47.1 Å². The standard InChI is InChI=1S/C31H27F4N5O3/c1-17-10-21(43-27-7-4-3-6-22(27)32)14-23(33)30(17)40(36)37-16-18(2)31(42)25-12-19-11-20(13-28(34)35)26(15-24(19)38-25)39-9-5-8-29(39)41/h3-4,6-7,10-12,14-16,28,38H,2,5,8-9,13,36H2,1H3/b37-16-. The number of H-pyrrole nitrogens is 1. The van der Waals surface area contributed by atoms with Crippen LogP contribution in [0.25, 0.3) is 10.9 Å². The lowest BCUT2D eigenvalue weighted by atomic mass is 10.1. The molecular weight excluding hydrogens is 566 g/mol. The first-order valence-electron chi connectivity index (χ1n) is 13.3. The number of benzene rings is 3. The van der Waals surface area contributed by atoms with Crippen LogP contribution in [0, 0.1) is 18.6 Å². The molecule has 0 spiro atoms. The number of hydrazine groups is 1. The molecule has 4 aromatic rings. The van der Waals surface area contributed by atoms with Crippen molar-refractivity contribution < 1.29 is 31.9 Å². The largest absolute Gasteiger partial charge is 0.454 e. The number of carbonyl (C=O) groups excluding carboxylic acids is 2. The first-order chi connectivity index (χ1) is 20.5. The number of para-hydroxylation sites is 1. The minimum Gasteiger partial charge on any atom is -0.454 e. The average Bonchev–Trinajstić information content (AvgIpc) is 3.57. The highest BCUT2D eigenvalue weighted by Crippen LogP contribution is 2.33. The summed E-state index contributed by atoms with van der Waals surface area (Å²) >= 11 is 0. The minimum absolute atomic E-state index is 0.0496. The third-order valence-corrected chi connectivity index (χ3v) is 6.95. The van der Waals surface area contributed by atoms with Crippen molar-refractivity contribution in [3.8, 4) is 11.5 Å². The fourth-order valence-electron chi connectivity index (χ4n) is 4.95. The molecule has 0 unspecified atom stereocenters. The summed E-state index contributed by atoms with van der Waals surface area (Å²) in [4.78, 5) is 29.9. The summed E-state index contributed by atoms with van der Waals surface area (Å²) < 4.78 is 61.0. The van der Waals surface area contributed by atoms with Gasteiger partial charge < -0.3 is 14.6 Å². The van der Waals surface area contributed by atoms with Gasteiger partial charge in [-0.25, -0.2) is 23.4 Å². The van der Waals surface area contributed by atoms with Gasteiger partial charge in [-0.3, -0.25) is 9.59 Å². The van der Waals surface area contributed by atoms with Crippen LogP contribution >= 0.6 is 0 Å². The summed E-state index contributed by atoms with van der Waals surface area (Å²) in [5.74, 6) is 3.82. The number of hydrazone groups is 1. The Labute approximate surface area is 244 Å². The van der Waals surface area contributed by atoms with Crippen LogP contribution in [-0.2, 0) is 11.2 Å². The number of nitrogens with two attached hydrogens (primary N) is 1. The van der Waals surface area contributed by atoms with E-state index in [2.05, 4.69) is 16.7 Å². The minimum atomic E-state index is -2.62. The van der Waals surface area contributed by atoms with Crippen molar-refractivity contribution in [3.05, 3.63) is 95.2 Å². The molecular formula is C31H27F4N5O3. The first-order valence-corrected chi connectivity index (χ1v) is 13.3. The highest BCUT2D eigenvalue weighted by Gasteiger charge is 2.26. The maximum atomic E-state index is 15.0. The Balaban J connectivity index is 1.34. The Hall–Kier alpha value is -4.97. The number of anilines is 2. The van der Waals surface area contributed by atoms with Crippen LogP contribution in [0.2, 0.25) is 0 Å². The summed E-state index contributed by atoms with van der Waals surface area (Å²) in [5.41, 5.74) is 1.40. The molecule has 1 fully saturated rings. The molecule has 1 amide bonds. The van der Waals surface area contributed by atoms with Gasteiger partial charge in [0.25, 0.3) is 0 Å². The van der Waals surface area contributed by atoms with Gasteiger partial charge >= 0.3 is 0 Å². The first kappa shape index (κ1) is 29.5. The number of Topliss-reactive ketones (excluding diaryl/α,β-unsaturated/α-hetero) is 1. The smallest absolute Gasteiger partial charge is 0.242 e. The van der Waals surface area contributed by atoms with Crippen molar-refractivity contribution >= 4 is 40.2 Å². The normalized spacial score (nSPS) is 13.5. The number of aromatic nitrogens is 1. The third kappa shape index (κ3) is 6.28. The van der Waals surface area contributed by atoms with Crippen LogP contribution in [0.4, 0.5) is 28.9 Å². The number of ether oxygens (including phenoxy) is 1. The molecule has 2 heterocycles. The molecule has 0 bridgehead atoms. The van der Waals surface area contributed by atoms with Crippen molar-refractivity contribution in [1.29, 1.82) is 0 Å². The van der Waals surface area contributed by atoms with Gasteiger partial charge in [0.05, 0.1) is 11.9 Å². The van der Waals surface area contributed by atoms with Crippen LogP contribution in [-0.4, -0.2) is 35.9 Å². The number of halogens is 4. The van der Waals surface area contributed by atoms with Crippen molar-refractivity contribution in [2.45, 2.75) is 32.6 Å². The van der Waals surface area contributed by atoms with E-state index in [1.807, 2.05) is 0 Å². The number of rotatable bonds is 10. The number of amides is 1. The monoisotopic (exact) mass is 593 g/mol. The molecule has 0 atom stereocenters. The zero-order valence-electron chi connectivity index (χ0n) is 23.0. The second-order valence-corrected chi connectivity index (χ2v) is 10.0. The van der Waals surface area contributed by atoms with Gasteiger partial charge in [-0.05, 0) is 60.9 Å². The number of fused-ring (bicyclic) bond motifs is 1. The van der Waals surface area contributed by atoms with Gasteiger partial charge in [-0.2, -0.15) is 10.2 Å². The number of alkyl halides is 2. The van der Waals surface area contributed by atoms with Gasteiger partial charge in [0.2, 0.25) is 18.1 Å². The van der Waals surface area contributed by atoms with E-state index in [1.54, 1.807) is 25.1 Å². The maximum absolute atomic E-state index is 15.0. The number of aromatic amines is 1. The molecule has 0 aliphatic carbocycles. The molecule has 0 saturated carbocycles. The fraction of sp³-hybridized carbons (Fsp3) is 0.194. The average molecular weight is 594 g/mol. The maximum Gasteiger partial charge on any atom is 0.242 e. The Bertz CT molecular complexity index is 1740. The lowest BCUT2D eigenvalue weighted by Gasteiger charge is -2.20. The Morgan fingerprint density at radius 3 is 2.63 bits per heavy atom. The highest BCUT2D eigenvalue weighted by atomic mass is 19.3. The van der Waals surface area contributed by atoms with E-state index in [0.717, 1.165) is 17.4 Å². The van der Waals surface area contributed by atoms with E-state index in [1.165, 1.54) is 35.2 Å². The molecule has 1 aliphatic heterocycles. The van der Waals surface area contributed by atoms with Crippen molar-refractivity contribution in [1.82, 2.24) is 4.98 Å². The number of hydrogen-bond donors (Lipinski definition) is 2. The predicted molar refractivity (Wildman–Crippen MR) is 156 cm³/mol. The highest BCUT2D eigenvalue weighted by molar-refractivity contribution is 6.21. The second kappa shape index (κ2) is 12.1. The molecule has 0 radical (unpaired) electrons. The van der Waals surface area contributed by atoms with E-state index in [9.17, 15) is 27.2 Å². The zero-order valence-corrected chi connectivity index (χ0v) is 23.0. The summed E-state index contributed by atoms with van der Waals surface area (Å²) in [6, 6.07) is 12.8. The third-order valence-electron chi connectivity index (χ3n) is 6.95. The lowest BCUT2D eigenvalue weighted by molar-refractivity contribution is -0.117. The molecule has 1 saturated heterocycles. The van der Waals surface area contributed by atoms with Crippen LogP contribution in [0.15, 0.2) is 71.9 Å². The number of hydrogen-bond acceptors (Lipinski definition) is 6. The number of carbonyl (C=O) groups is 2. The van der Waals surface area contributed by atoms with E-state index in [-0.39, 0.29) is 34.4 Å². The van der Waals surface area contributed by atoms with Gasteiger partial charge in [0, 0.05) is 47.6 Å². The van der Waals surface area contributed by atoms with Gasteiger partial charge in [0.1, 0.15) is 11.4 Å².